The fourth-order valence-electron chi connectivity index (χ4n) is 3.30. The number of aromatic nitrogens is 3. The lowest BCUT2D eigenvalue weighted by Gasteiger charge is -2.47. The van der Waals surface area contributed by atoms with Crippen LogP contribution in [0, 0.1) is 3.70 Å². The van der Waals surface area contributed by atoms with E-state index in [1.165, 1.54) is 4.68 Å². The summed E-state index contributed by atoms with van der Waals surface area (Å²) >= 11 is 1.99. The first-order valence-electron chi connectivity index (χ1n) is 8.00. The van der Waals surface area contributed by atoms with Crippen LogP contribution < -0.4 is 0 Å². The molecule has 4 rings (SSSR count). The van der Waals surface area contributed by atoms with E-state index in [1.54, 1.807) is 6.20 Å². The first-order valence-corrected chi connectivity index (χ1v) is 9.08. The Labute approximate surface area is 162 Å². The molecule has 2 saturated heterocycles. The number of hydrogen-bond donors (Lipinski definition) is 2. The number of aliphatic carboxylic acids is 1. The van der Waals surface area contributed by atoms with E-state index in [1.807, 2.05) is 52.9 Å². The van der Waals surface area contributed by atoms with Crippen molar-refractivity contribution in [2.75, 3.05) is 6.61 Å². The third kappa shape index (κ3) is 3.22. The van der Waals surface area contributed by atoms with Crippen LogP contribution in [0.4, 0.5) is 0 Å². The van der Waals surface area contributed by atoms with Gasteiger partial charge in [0, 0.05) is 5.56 Å². The van der Waals surface area contributed by atoms with Crippen molar-refractivity contribution >= 4 is 28.6 Å². The number of rotatable bonds is 3. The van der Waals surface area contributed by atoms with E-state index < -0.39 is 42.7 Å². The first-order chi connectivity index (χ1) is 12.5. The van der Waals surface area contributed by atoms with Gasteiger partial charge >= 0.3 is 5.97 Å². The second kappa shape index (κ2) is 7.19. The summed E-state index contributed by atoms with van der Waals surface area (Å²) in [7, 11) is 0. The van der Waals surface area contributed by atoms with E-state index in [-0.39, 0.29) is 6.61 Å². The summed E-state index contributed by atoms with van der Waals surface area (Å²) in [4.78, 5) is 11.5. The standard InChI is InChI=1S/C16H16IN3O6/c17-10-6-20(19-18-10)11-12(21)14(15(22)23)25-9-7-24-16(26-13(9)11)8-4-2-1-3-5-8/h1-6,9,11-14,16,21H,7H2,(H,22,23)/t9-,11-,12-,13+,14-,16+/m1/s1. The van der Waals surface area contributed by atoms with Gasteiger partial charge in [-0.1, -0.05) is 35.5 Å². The average molecular weight is 473 g/mol. The molecule has 0 radical (unpaired) electrons. The second-order valence-electron chi connectivity index (χ2n) is 6.11. The molecule has 9 nitrogen and oxygen atoms in total. The summed E-state index contributed by atoms with van der Waals surface area (Å²) in [5.74, 6) is -1.25. The van der Waals surface area contributed by atoms with Gasteiger partial charge in [-0.3, -0.25) is 0 Å². The maximum Gasteiger partial charge on any atom is 0.335 e. The fraction of sp³-hybridized carbons (Fsp3) is 0.438. The van der Waals surface area contributed by atoms with E-state index in [2.05, 4.69) is 10.3 Å². The molecule has 10 heteroatoms. The van der Waals surface area contributed by atoms with E-state index in [0.29, 0.717) is 3.70 Å². The van der Waals surface area contributed by atoms with Gasteiger partial charge in [0.05, 0.1) is 12.8 Å². The molecule has 2 aliphatic rings. The highest BCUT2D eigenvalue weighted by Gasteiger charge is 2.52. The largest absolute Gasteiger partial charge is 0.479 e. The van der Waals surface area contributed by atoms with Crippen molar-refractivity contribution < 1.29 is 29.2 Å². The second-order valence-corrected chi connectivity index (χ2v) is 7.22. The predicted octanol–water partition coefficient (Wildman–Crippen LogP) is 0.751. The van der Waals surface area contributed by atoms with Gasteiger partial charge < -0.3 is 24.4 Å². The van der Waals surface area contributed by atoms with Crippen LogP contribution in [-0.4, -0.2) is 62.2 Å². The van der Waals surface area contributed by atoms with Crippen molar-refractivity contribution in [1.29, 1.82) is 0 Å². The minimum Gasteiger partial charge on any atom is -0.479 e. The first kappa shape index (κ1) is 17.8. The molecule has 0 unspecified atom stereocenters. The summed E-state index contributed by atoms with van der Waals surface area (Å²) in [6, 6.07) is 8.62. The molecule has 2 N–H and O–H groups in total. The average Bonchev–Trinajstić information content (AvgIpc) is 3.07. The van der Waals surface area contributed by atoms with Crippen LogP contribution in [0.2, 0.25) is 0 Å². The van der Waals surface area contributed by atoms with Crippen molar-refractivity contribution in [2.24, 2.45) is 0 Å². The molecule has 0 saturated carbocycles. The molecule has 2 aromatic rings. The number of aliphatic hydroxyl groups is 1. The lowest BCUT2D eigenvalue weighted by atomic mass is 9.91. The fourth-order valence-corrected chi connectivity index (χ4v) is 3.69. The van der Waals surface area contributed by atoms with Gasteiger partial charge in [-0.05, 0) is 22.6 Å². The van der Waals surface area contributed by atoms with Gasteiger partial charge in [0.15, 0.2) is 12.4 Å². The molecule has 0 spiro atoms. The minimum atomic E-state index is -1.40. The summed E-state index contributed by atoms with van der Waals surface area (Å²) in [5, 5.41) is 28.0. The molecule has 26 heavy (non-hydrogen) atoms. The number of benzene rings is 1. The van der Waals surface area contributed by atoms with Crippen LogP contribution >= 0.6 is 22.6 Å². The Morgan fingerprint density at radius 3 is 2.69 bits per heavy atom. The summed E-state index contributed by atoms with van der Waals surface area (Å²) in [5.41, 5.74) is 0.827. The van der Waals surface area contributed by atoms with Crippen molar-refractivity contribution in [1.82, 2.24) is 15.0 Å². The molecule has 0 aliphatic carbocycles. The van der Waals surface area contributed by atoms with E-state index in [4.69, 9.17) is 14.2 Å². The van der Waals surface area contributed by atoms with Crippen LogP contribution in [0.15, 0.2) is 36.5 Å². The number of carbonyl (C=O) groups is 1. The number of hydrogen-bond acceptors (Lipinski definition) is 7. The molecule has 2 aliphatic heterocycles. The van der Waals surface area contributed by atoms with Crippen LogP contribution in [0.5, 0.6) is 0 Å². The summed E-state index contributed by atoms with van der Waals surface area (Å²) < 4.78 is 19.4. The van der Waals surface area contributed by atoms with Crippen molar-refractivity contribution in [2.45, 2.75) is 36.7 Å². The molecule has 6 atom stereocenters. The number of ether oxygens (including phenoxy) is 3. The Balaban J connectivity index is 1.66. The maximum atomic E-state index is 11.5. The molecule has 1 aromatic carbocycles. The van der Waals surface area contributed by atoms with Crippen LogP contribution in [0.3, 0.4) is 0 Å². The zero-order valence-corrected chi connectivity index (χ0v) is 15.5. The highest BCUT2D eigenvalue weighted by atomic mass is 127. The summed E-state index contributed by atoms with van der Waals surface area (Å²) in [6.07, 6.45) is -3.04. The van der Waals surface area contributed by atoms with Gasteiger partial charge in [0.2, 0.25) is 0 Å². The summed E-state index contributed by atoms with van der Waals surface area (Å²) in [6.45, 7) is 0.142. The molecule has 138 valence electrons. The van der Waals surface area contributed by atoms with Crippen LogP contribution in [0.25, 0.3) is 0 Å². The molecule has 0 amide bonds. The Morgan fingerprint density at radius 2 is 2.04 bits per heavy atom. The Kier molecular flexibility index (Phi) is 4.92. The Hall–Kier alpha value is -1.60. The van der Waals surface area contributed by atoms with Gasteiger partial charge in [-0.2, -0.15) is 0 Å². The third-order valence-corrected chi connectivity index (χ3v) is 4.97. The number of carboxylic acids is 1. The smallest absolute Gasteiger partial charge is 0.335 e. The number of nitrogens with zero attached hydrogens (tertiary/aromatic N) is 3. The molecule has 2 fully saturated rings. The van der Waals surface area contributed by atoms with Gasteiger partial charge in [-0.25, -0.2) is 9.48 Å². The van der Waals surface area contributed by atoms with Crippen LogP contribution in [-0.2, 0) is 19.0 Å². The predicted molar refractivity (Wildman–Crippen MR) is 94.1 cm³/mol. The third-order valence-electron chi connectivity index (χ3n) is 4.48. The van der Waals surface area contributed by atoms with Crippen LogP contribution in [0.1, 0.15) is 17.9 Å². The Bertz CT molecular complexity index is 787. The van der Waals surface area contributed by atoms with Gasteiger partial charge in [0.1, 0.15) is 28.1 Å². The monoisotopic (exact) mass is 473 g/mol. The number of aliphatic hydroxyl groups excluding tert-OH is 1. The minimum absolute atomic E-state index is 0.142. The van der Waals surface area contributed by atoms with Gasteiger partial charge in [-0.15, -0.1) is 5.10 Å². The number of halogens is 1. The van der Waals surface area contributed by atoms with Crippen molar-refractivity contribution in [3.05, 3.63) is 45.8 Å². The van der Waals surface area contributed by atoms with E-state index in [9.17, 15) is 15.0 Å². The highest BCUT2D eigenvalue weighted by Crippen LogP contribution is 2.39. The molecular weight excluding hydrogens is 457 g/mol. The highest BCUT2D eigenvalue weighted by molar-refractivity contribution is 14.1. The number of carboxylic acid groups (broad SMARTS) is 1. The molecular formula is C16H16IN3O6. The molecule has 0 bridgehead atoms. The Morgan fingerprint density at radius 1 is 1.27 bits per heavy atom. The van der Waals surface area contributed by atoms with E-state index >= 15 is 0 Å². The lowest BCUT2D eigenvalue weighted by molar-refractivity contribution is -0.314. The van der Waals surface area contributed by atoms with E-state index in [0.717, 1.165) is 5.56 Å². The zero-order valence-electron chi connectivity index (χ0n) is 13.4. The SMILES string of the molecule is O=C(O)[C@@H]1O[C@@H]2CO[C@H](c3ccccc3)O[C@@H]2[C@H](n2cc(I)nn2)[C@H]1O. The van der Waals surface area contributed by atoms with Crippen molar-refractivity contribution in [3.63, 3.8) is 0 Å². The maximum absolute atomic E-state index is 11.5. The zero-order chi connectivity index (χ0) is 18.3. The molecule has 1 aromatic heterocycles. The normalized spacial score (nSPS) is 34.2. The van der Waals surface area contributed by atoms with Crippen molar-refractivity contribution in [3.8, 4) is 0 Å². The lowest BCUT2D eigenvalue weighted by Crippen LogP contribution is -2.61. The van der Waals surface area contributed by atoms with Gasteiger partial charge in [0.25, 0.3) is 0 Å². The quantitative estimate of drug-likeness (QED) is 0.628. The topological polar surface area (TPSA) is 116 Å². The number of fused-ring (bicyclic) bond motifs is 1. The molecule has 3 heterocycles.